The van der Waals surface area contributed by atoms with Gasteiger partial charge in [-0.15, -0.1) is 0 Å². The van der Waals surface area contributed by atoms with Crippen molar-refractivity contribution in [1.82, 2.24) is 0 Å². The minimum absolute atomic E-state index is 0.207. The lowest BCUT2D eigenvalue weighted by molar-refractivity contribution is 0.228. The van der Waals surface area contributed by atoms with Crippen LogP contribution in [0, 0.1) is 10.8 Å². The van der Waals surface area contributed by atoms with Crippen LogP contribution in [0.25, 0.3) is 0 Å². The zero-order chi connectivity index (χ0) is 18.7. The van der Waals surface area contributed by atoms with Gasteiger partial charge in [-0.05, 0) is 47.5 Å². The highest BCUT2D eigenvalue weighted by Crippen LogP contribution is 2.53. The van der Waals surface area contributed by atoms with Crippen molar-refractivity contribution in [2.24, 2.45) is 10.8 Å². The van der Waals surface area contributed by atoms with Gasteiger partial charge < -0.3 is 0 Å². The molecular formula is C18H36Si. The summed E-state index contributed by atoms with van der Waals surface area (Å²) in [6.45, 7) is 8.64. The Hall–Kier alpha value is 0.217. The van der Waals surface area contributed by atoms with Gasteiger partial charge in [-0.25, -0.2) is 0 Å². The Morgan fingerprint density at radius 1 is 0.842 bits per heavy atom. The summed E-state index contributed by atoms with van der Waals surface area (Å²) in [5.74, 6) is 0. The third-order valence-corrected chi connectivity index (χ3v) is 9.66. The first-order valence-electron chi connectivity index (χ1n) is 10.6. The molecule has 2 aliphatic carbocycles. The van der Waals surface area contributed by atoms with E-state index in [1.807, 2.05) is 6.55 Å². The van der Waals surface area contributed by atoms with E-state index in [4.69, 9.17) is 4.11 Å². The van der Waals surface area contributed by atoms with Crippen molar-refractivity contribution in [2.45, 2.75) is 103 Å². The molecule has 0 N–H and O–H groups in total. The van der Waals surface area contributed by atoms with Crippen LogP contribution in [0.3, 0.4) is 0 Å². The SMILES string of the molecule is [2H]C([2H])([2H])[Si](C)(C1([2H])CCC(C)(C)CC1)C1([2H])CCC(C)(C)CC1. The molecule has 0 heterocycles. The summed E-state index contributed by atoms with van der Waals surface area (Å²) in [5, 5.41) is 0. The smallest absolute Gasteiger partial charge is 0.0535 e. The molecule has 0 unspecified atom stereocenters. The summed E-state index contributed by atoms with van der Waals surface area (Å²) in [6, 6.07) is 0. The second kappa shape index (κ2) is 5.20. The predicted molar refractivity (Wildman–Crippen MR) is 89.5 cm³/mol. The summed E-state index contributed by atoms with van der Waals surface area (Å²) in [6.07, 6.45) is 6.29. The van der Waals surface area contributed by atoms with Crippen molar-refractivity contribution < 1.29 is 6.85 Å². The van der Waals surface area contributed by atoms with Crippen molar-refractivity contribution in [2.75, 3.05) is 0 Å². The third-order valence-electron chi connectivity index (χ3n) is 5.83. The fourth-order valence-corrected chi connectivity index (χ4v) is 6.71. The Kier molecular flexibility index (Phi) is 2.75. The van der Waals surface area contributed by atoms with Gasteiger partial charge in [0.15, 0.2) is 0 Å². The Morgan fingerprint density at radius 2 is 1.16 bits per heavy atom. The Bertz CT molecular complexity index is 426. The molecule has 0 aromatic heterocycles. The molecule has 0 spiro atoms. The van der Waals surface area contributed by atoms with Gasteiger partial charge in [0.2, 0.25) is 0 Å². The Morgan fingerprint density at radius 3 is 1.42 bits per heavy atom. The standard InChI is InChI=1S/C18H36Si/c1-17(2)11-7-15(8-12-17)19(5,6)16-9-13-18(3,4)14-10-16/h15-16H,7-14H2,1-6H3/i5D3,15D,16D. The van der Waals surface area contributed by atoms with Gasteiger partial charge in [0.05, 0.1) is 8.07 Å². The molecule has 2 aliphatic rings. The lowest BCUT2D eigenvalue weighted by Gasteiger charge is -2.48. The van der Waals surface area contributed by atoms with E-state index >= 15 is 0 Å². The predicted octanol–water partition coefficient (Wildman–Crippen LogP) is 6.64. The maximum Gasteiger partial charge on any atom is 0.0535 e. The van der Waals surface area contributed by atoms with E-state index in [0.29, 0.717) is 25.7 Å². The van der Waals surface area contributed by atoms with Crippen LogP contribution < -0.4 is 0 Å². The van der Waals surface area contributed by atoms with E-state index in [1.54, 1.807) is 0 Å². The summed E-state index contributed by atoms with van der Waals surface area (Å²) in [7, 11) is -3.19. The van der Waals surface area contributed by atoms with Crippen LogP contribution >= 0.6 is 0 Å². The average molecular weight is 286 g/mol. The van der Waals surface area contributed by atoms with Crippen LogP contribution in [0.15, 0.2) is 0 Å². The number of hydrogen-bond donors (Lipinski definition) is 0. The van der Waals surface area contributed by atoms with Gasteiger partial charge >= 0.3 is 0 Å². The second-order valence-electron chi connectivity index (χ2n) is 8.66. The summed E-state index contributed by atoms with van der Waals surface area (Å²) in [4.78, 5) is 0. The molecule has 0 saturated heterocycles. The molecule has 1 heteroatoms. The molecule has 112 valence electrons. The van der Waals surface area contributed by atoms with E-state index < -0.39 is 25.6 Å². The fourth-order valence-electron chi connectivity index (χ4n) is 3.71. The molecule has 0 aliphatic heterocycles. The molecule has 19 heavy (non-hydrogen) atoms. The molecule has 0 aromatic rings. The molecule has 0 nitrogen and oxygen atoms in total. The van der Waals surface area contributed by atoms with Crippen LogP contribution in [0.1, 0.15) is 85.9 Å². The summed E-state index contributed by atoms with van der Waals surface area (Å²) >= 11 is 0. The highest BCUT2D eigenvalue weighted by Gasteiger charge is 2.43. The van der Waals surface area contributed by atoms with Gasteiger partial charge in [0.25, 0.3) is 0 Å². The van der Waals surface area contributed by atoms with Crippen LogP contribution in [-0.4, -0.2) is 8.07 Å². The zero-order valence-corrected chi connectivity index (χ0v) is 14.7. The first-order chi connectivity index (χ1) is 10.6. The number of hydrogen-bond acceptors (Lipinski definition) is 0. The first-order valence-corrected chi connectivity index (χ1v) is 10.6. The van der Waals surface area contributed by atoms with Gasteiger partial charge in [0.1, 0.15) is 0 Å². The highest BCUT2D eigenvalue weighted by atomic mass is 28.3. The minimum Gasteiger partial charge on any atom is -0.0689 e. The quantitative estimate of drug-likeness (QED) is 0.499. The Labute approximate surface area is 129 Å². The molecule has 0 amide bonds. The average Bonchev–Trinajstić information content (AvgIpc) is 2.44. The molecule has 2 rings (SSSR count). The molecule has 0 bridgehead atoms. The molecule has 2 fully saturated rings. The van der Waals surface area contributed by atoms with Gasteiger partial charge in [-0.3, -0.25) is 0 Å². The lowest BCUT2D eigenvalue weighted by atomic mass is 9.77. The summed E-state index contributed by atoms with van der Waals surface area (Å²) < 4.78 is 43.6. The van der Waals surface area contributed by atoms with Gasteiger partial charge in [0, 0.05) is 6.85 Å². The molecule has 2 saturated carbocycles. The number of rotatable bonds is 2. The molecular weight excluding hydrogens is 244 g/mol. The topological polar surface area (TPSA) is 0 Å². The van der Waals surface area contributed by atoms with E-state index in [0.717, 1.165) is 25.7 Å². The zero-order valence-electron chi connectivity index (χ0n) is 18.7. The Balaban J connectivity index is 2.41. The third kappa shape index (κ3) is 3.65. The van der Waals surface area contributed by atoms with Crippen molar-refractivity contribution in [3.05, 3.63) is 0 Å². The largest absolute Gasteiger partial charge is 0.0689 e. The monoisotopic (exact) mass is 285 g/mol. The van der Waals surface area contributed by atoms with Gasteiger partial charge in [-0.2, -0.15) is 0 Å². The van der Waals surface area contributed by atoms with Crippen molar-refractivity contribution in [3.8, 4) is 0 Å². The van der Waals surface area contributed by atoms with E-state index in [2.05, 4.69) is 27.7 Å². The minimum atomic E-state index is -3.19. The first kappa shape index (κ1) is 10.0. The van der Waals surface area contributed by atoms with Crippen molar-refractivity contribution in [3.63, 3.8) is 0 Å². The lowest BCUT2D eigenvalue weighted by Crippen LogP contribution is -2.43. The summed E-state index contributed by atoms with van der Waals surface area (Å²) in [5.41, 5.74) is -1.37. The van der Waals surface area contributed by atoms with Crippen molar-refractivity contribution in [1.29, 1.82) is 0 Å². The van der Waals surface area contributed by atoms with E-state index in [1.165, 1.54) is 0 Å². The second-order valence-corrected chi connectivity index (χ2v) is 12.3. The van der Waals surface area contributed by atoms with Crippen LogP contribution in [0.2, 0.25) is 24.1 Å². The van der Waals surface area contributed by atoms with Gasteiger partial charge in [-0.1, -0.05) is 66.4 Å². The van der Waals surface area contributed by atoms with Crippen LogP contribution in [0.4, 0.5) is 0 Å². The van der Waals surface area contributed by atoms with E-state index in [9.17, 15) is 2.74 Å². The molecule has 0 aromatic carbocycles. The fraction of sp³-hybridized carbons (Fsp3) is 1.00. The molecule has 0 atom stereocenters. The molecule has 0 radical (unpaired) electrons. The van der Waals surface area contributed by atoms with Crippen LogP contribution in [-0.2, 0) is 0 Å². The van der Waals surface area contributed by atoms with Crippen LogP contribution in [0.5, 0.6) is 0 Å². The van der Waals surface area contributed by atoms with Crippen molar-refractivity contribution >= 4 is 8.07 Å². The maximum atomic E-state index is 9.25. The normalized spacial score (nSPS) is 37.2. The van der Waals surface area contributed by atoms with E-state index in [-0.39, 0.29) is 10.8 Å². The highest BCUT2D eigenvalue weighted by molar-refractivity contribution is 6.80. The maximum absolute atomic E-state index is 9.25.